The van der Waals surface area contributed by atoms with Gasteiger partial charge in [0.1, 0.15) is 0 Å². The van der Waals surface area contributed by atoms with Gasteiger partial charge in [0.05, 0.1) is 0 Å². The van der Waals surface area contributed by atoms with Crippen molar-refractivity contribution in [3.63, 3.8) is 0 Å². The Morgan fingerprint density at radius 3 is 1.67 bits per heavy atom. The highest BCUT2D eigenvalue weighted by Gasteiger charge is 2.06. The molecule has 0 aliphatic carbocycles. The third-order valence-electron chi connectivity index (χ3n) is 2.18. The second-order valence-corrected chi connectivity index (χ2v) is 3.99. The zero-order chi connectivity index (χ0) is 9.72. The summed E-state index contributed by atoms with van der Waals surface area (Å²) in [5.74, 6) is 1.33. The van der Waals surface area contributed by atoms with Gasteiger partial charge in [-0.3, -0.25) is 0 Å². The smallest absolute Gasteiger partial charge is 0.0254 e. The lowest BCUT2D eigenvalue weighted by Crippen LogP contribution is -2.02. The van der Waals surface area contributed by atoms with Crippen molar-refractivity contribution in [2.45, 2.75) is 41.5 Å². The van der Waals surface area contributed by atoms with E-state index in [1.807, 2.05) is 0 Å². The van der Waals surface area contributed by atoms with Gasteiger partial charge in [0.25, 0.3) is 0 Å². The van der Waals surface area contributed by atoms with Crippen molar-refractivity contribution < 1.29 is 0 Å². The first-order valence-electron chi connectivity index (χ1n) is 4.83. The molecular formula is C12H22. The van der Waals surface area contributed by atoms with Crippen molar-refractivity contribution in [3.8, 4) is 0 Å². The molecule has 0 heterocycles. The van der Waals surface area contributed by atoms with Crippen molar-refractivity contribution in [3.05, 3.63) is 23.3 Å². The fourth-order valence-corrected chi connectivity index (χ4v) is 1.35. The van der Waals surface area contributed by atoms with Crippen molar-refractivity contribution in [1.82, 2.24) is 0 Å². The Morgan fingerprint density at radius 2 is 1.42 bits per heavy atom. The summed E-state index contributed by atoms with van der Waals surface area (Å²) in [6.07, 6.45) is 4.47. The van der Waals surface area contributed by atoms with Crippen LogP contribution in [0.25, 0.3) is 0 Å². The van der Waals surface area contributed by atoms with Crippen LogP contribution < -0.4 is 0 Å². The molecule has 70 valence electrons. The van der Waals surface area contributed by atoms with E-state index in [4.69, 9.17) is 0 Å². The number of hydrogen-bond donors (Lipinski definition) is 0. The fraction of sp³-hybridized carbons (Fsp3) is 0.667. The molecule has 0 rings (SSSR count). The van der Waals surface area contributed by atoms with Crippen molar-refractivity contribution in [2.75, 3.05) is 0 Å². The van der Waals surface area contributed by atoms with E-state index in [1.165, 1.54) is 5.57 Å². The number of hydrogen-bond acceptors (Lipinski definition) is 0. The molecule has 0 spiro atoms. The van der Waals surface area contributed by atoms with Crippen LogP contribution in [0.5, 0.6) is 0 Å². The molecule has 0 unspecified atom stereocenters. The Bertz CT molecular complexity index is 170. The van der Waals surface area contributed by atoms with Crippen LogP contribution in [0, 0.1) is 11.8 Å². The summed E-state index contributed by atoms with van der Waals surface area (Å²) >= 11 is 0. The predicted molar refractivity (Wildman–Crippen MR) is 57.2 cm³/mol. The van der Waals surface area contributed by atoms with Crippen LogP contribution >= 0.6 is 0 Å². The summed E-state index contributed by atoms with van der Waals surface area (Å²) in [5.41, 5.74) is 2.91. The first kappa shape index (κ1) is 11.5. The van der Waals surface area contributed by atoms with Crippen LogP contribution in [0.1, 0.15) is 41.5 Å². The van der Waals surface area contributed by atoms with E-state index >= 15 is 0 Å². The maximum Gasteiger partial charge on any atom is -0.0254 e. The molecular weight excluding hydrogens is 144 g/mol. The van der Waals surface area contributed by atoms with Crippen LogP contribution in [0.4, 0.5) is 0 Å². The standard InChI is InChI=1S/C12H22/c1-7-11(6)8-12(9(2)3)10(4)5/h7-10H,1-6H3/b11-7-. The van der Waals surface area contributed by atoms with E-state index in [0.717, 1.165) is 0 Å². The van der Waals surface area contributed by atoms with Crippen LogP contribution in [-0.4, -0.2) is 0 Å². The van der Waals surface area contributed by atoms with Gasteiger partial charge in [-0.2, -0.15) is 0 Å². The van der Waals surface area contributed by atoms with Crippen molar-refractivity contribution in [1.29, 1.82) is 0 Å². The summed E-state index contributed by atoms with van der Waals surface area (Å²) in [7, 11) is 0. The first-order valence-corrected chi connectivity index (χ1v) is 4.83. The molecule has 0 nitrogen and oxygen atoms in total. The van der Waals surface area contributed by atoms with Crippen molar-refractivity contribution in [2.24, 2.45) is 11.8 Å². The minimum Gasteiger partial charge on any atom is -0.0847 e. The third kappa shape index (κ3) is 3.75. The number of rotatable bonds is 3. The maximum atomic E-state index is 2.31. The summed E-state index contributed by atoms with van der Waals surface area (Å²) in [6.45, 7) is 13.3. The van der Waals surface area contributed by atoms with E-state index in [0.29, 0.717) is 11.8 Å². The van der Waals surface area contributed by atoms with Gasteiger partial charge in [0.2, 0.25) is 0 Å². The SMILES string of the molecule is C/C=C(/C)C=C(C(C)C)C(C)C. The van der Waals surface area contributed by atoms with E-state index in [1.54, 1.807) is 5.57 Å². The Hall–Kier alpha value is -0.520. The molecule has 0 aromatic heterocycles. The molecule has 0 atom stereocenters. The van der Waals surface area contributed by atoms with Gasteiger partial charge in [0.15, 0.2) is 0 Å². The highest BCUT2D eigenvalue weighted by Crippen LogP contribution is 2.20. The Kier molecular flexibility index (Phi) is 4.96. The molecule has 12 heavy (non-hydrogen) atoms. The van der Waals surface area contributed by atoms with Crippen LogP contribution in [0.2, 0.25) is 0 Å². The third-order valence-corrected chi connectivity index (χ3v) is 2.18. The molecule has 0 aromatic carbocycles. The van der Waals surface area contributed by atoms with Gasteiger partial charge < -0.3 is 0 Å². The predicted octanol–water partition coefficient (Wildman–Crippen LogP) is 4.19. The molecule has 0 saturated heterocycles. The van der Waals surface area contributed by atoms with E-state index in [9.17, 15) is 0 Å². The van der Waals surface area contributed by atoms with Gasteiger partial charge in [-0.15, -0.1) is 0 Å². The molecule has 0 radical (unpaired) electrons. The monoisotopic (exact) mass is 166 g/mol. The minimum atomic E-state index is 0.667. The topological polar surface area (TPSA) is 0 Å². The average Bonchev–Trinajstić information content (AvgIpc) is 1.98. The van der Waals surface area contributed by atoms with Gasteiger partial charge >= 0.3 is 0 Å². The first-order chi connectivity index (χ1) is 5.49. The molecule has 0 fully saturated rings. The van der Waals surface area contributed by atoms with Crippen molar-refractivity contribution >= 4 is 0 Å². The molecule has 0 saturated carbocycles. The summed E-state index contributed by atoms with van der Waals surface area (Å²) in [4.78, 5) is 0. The zero-order valence-electron chi connectivity index (χ0n) is 9.31. The van der Waals surface area contributed by atoms with Gasteiger partial charge in [-0.25, -0.2) is 0 Å². The molecule has 0 aliphatic rings. The van der Waals surface area contributed by atoms with E-state index in [2.05, 4.69) is 53.7 Å². The van der Waals surface area contributed by atoms with Crippen LogP contribution in [0.3, 0.4) is 0 Å². The lowest BCUT2D eigenvalue weighted by molar-refractivity contribution is 0.625. The highest BCUT2D eigenvalue weighted by molar-refractivity contribution is 5.23. The van der Waals surface area contributed by atoms with Crippen LogP contribution in [0.15, 0.2) is 23.3 Å². The minimum absolute atomic E-state index is 0.667. The van der Waals surface area contributed by atoms with Gasteiger partial charge in [-0.1, -0.05) is 51.0 Å². The molecule has 0 bridgehead atoms. The fourth-order valence-electron chi connectivity index (χ4n) is 1.35. The summed E-state index contributed by atoms with van der Waals surface area (Å²) < 4.78 is 0. The maximum absolute atomic E-state index is 2.31. The van der Waals surface area contributed by atoms with E-state index in [-0.39, 0.29) is 0 Å². The molecule has 0 aromatic rings. The highest BCUT2D eigenvalue weighted by atomic mass is 14.1. The largest absolute Gasteiger partial charge is 0.0847 e. The van der Waals surface area contributed by atoms with Gasteiger partial charge in [-0.05, 0) is 25.7 Å². The second-order valence-electron chi connectivity index (χ2n) is 3.99. The lowest BCUT2D eigenvalue weighted by atomic mass is 9.91. The normalized spacial score (nSPS) is 12.5. The molecule has 0 heteroatoms. The zero-order valence-corrected chi connectivity index (χ0v) is 9.31. The van der Waals surface area contributed by atoms with Gasteiger partial charge in [0, 0.05) is 0 Å². The van der Waals surface area contributed by atoms with E-state index < -0.39 is 0 Å². The second kappa shape index (κ2) is 5.18. The Labute approximate surface area is 77.4 Å². The lowest BCUT2D eigenvalue weighted by Gasteiger charge is -2.15. The Morgan fingerprint density at radius 1 is 1.00 bits per heavy atom. The molecule has 0 N–H and O–H groups in total. The summed E-state index contributed by atoms with van der Waals surface area (Å²) in [6, 6.07) is 0. The molecule has 0 amide bonds. The van der Waals surface area contributed by atoms with Crippen LogP contribution in [-0.2, 0) is 0 Å². The average molecular weight is 166 g/mol. The number of allylic oxidation sites excluding steroid dienone is 4. The quantitative estimate of drug-likeness (QED) is 0.551. The Balaban J connectivity index is 4.62. The summed E-state index contributed by atoms with van der Waals surface area (Å²) in [5, 5.41) is 0. The molecule has 0 aliphatic heterocycles.